The minimum atomic E-state index is -0.562. The molecule has 0 amide bonds. The van der Waals surface area contributed by atoms with Crippen molar-refractivity contribution in [2.24, 2.45) is 11.1 Å². The molecule has 5 nitrogen and oxygen atoms in total. The van der Waals surface area contributed by atoms with Crippen LogP contribution in [0, 0.1) is 5.41 Å². The topological polar surface area (TPSA) is 64.8 Å². The first kappa shape index (κ1) is 14.4. The molecule has 0 aromatic rings. The maximum Gasteiger partial charge on any atom is 0.323 e. The third kappa shape index (κ3) is 4.26. The molecule has 5 heteroatoms. The Morgan fingerprint density at radius 1 is 1.47 bits per heavy atom. The van der Waals surface area contributed by atoms with Crippen LogP contribution in [0.1, 0.15) is 20.3 Å². The number of methoxy groups -OCH3 is 1. The van der Waals surface area contributed by atoms with Crippen molar-refractivity contribution in [2.75, 3.05) is 40.0 Å². The summed E-state index contributed by atoms with van der Waals surface area (Å²) in [6, 6.07) is -0.562. The number of ether oxygens (including phenoxy) is 2. The summed E-state index contributed by atoms with van der Waals surface area (Å²) in [7, 11) is 1.38. The second-order valence-corrected chi connectivity index (χ2v) is 5.19. The third-order valence-electron chi connectivity index (χ3n) is 3.47. The van der Waals surface area contributed by atoms with Crippen molar-refractivity contribution in [3.8, 4) is 0 Å². The monoisotopic (exact) mass is 244 g/mol. The van der Waals surface area contributed by atoms with Gasteiger partial charge in [-0.05, 0) is 18.4 Å². The van der Waals surface area contributed by atoms with E-state index < -0.39 is 6.04 Å². The van der Waals surface area contributed by atoms with Crippen LogP contribution in [0.4, 0.5) is 0 Å². The number of nitrogens with two attached hydrogens (primary N) is 1. The van der Waals surface area contributed by atoms with Crippen LogP contribution in [0.3, 0.4) is 0 Å². The number of morpholine rings is 1. The predicted molar refractivity (Wildman–Crippen MR) is 65.6 cm³/mol. The molecule has 1 aliphatic rings. The number of hydrogen-bond donors (Lipinski definition) is 1. The first-order valence-corrected chi connectivity index (χ1v) is 6.11. The number of nitrogens with zero attached hydrogens (tertiary/aromatic N) is 1. The van der Waals surface area contributed by atoms with Crippen LogP contribution in [-0.2, 0) is 14.3 Å². The molecule has 0 aliphatic carbocycles. The van der Waals surface area contributed by atoms with E-state index in [1.165, 1.54) is 7.11 Å². The SMILES string of the molecule is COC(=O)C(N)C(C)(C)CCN1CCOCC1. The summed E-state index contributed by atoms with van der Waals surface area (Å²) in [4.78, 5) is 13.8. The van der Waals surface area contributed by atoms with Crippen LogP contribution < -0.4 is 5.73 Å². The fourth-order valence-corrected chi connectivity index (χ4v) is 1.87. The Morgan fingerprint density at radius 2 is 2.06 bits per heavy atom. The molecule has 2 N–H and O–H groups in total. The Bertz CT molecular complexity index is 250. The van der Waals surface area contributed by atoms with Crippen molar-refractivity contribution in [3.63, 3.8) is 0 Å². The number of hydrogen-bond acceptors (Lipinski definition) is 5. The van der Waals surface area contributed by atoms with Crippen molar-refractivity contribution < 1.29 is 14.3 Å². The Labute approximate surface area is 103 Å². The van der Waals surface area contributed by atoms with Gasteiger partial charge in [-0.25, -0.2) is 0 Å². The highest BCUT2D eigenvalue weighted by Gasteiger charge is 2.33. The van der Waals surface area contributed by atoms with Crippen molar-refractivity contribution in [1.29, 1.82) is 0 Å². The maximum atomic E-state index is 11.4. The summed E-state index contributed by atoms with van der Waals surface area (Å²) in [5, 5.41) is 0. The largest absolute Gasteiger partial charge is 0.468 e. The van der Waals surface area contributed by atoms with Crippen molar-refractivity contribution >= 4 is 5.97 Å². The average Bonchev–Trinajstić information content (AvgIpc) is 2.36. The molecule has 0 aromatic carbocycles. The van der Waals surface area contributed by atoms with E-state index in [1.807, 2.05) is 13.8 Å². The smallest absolute Gasteiger partial charge is 0.323 e. The van der Waals surface area contributed by atoms with Gasteiger partial charge in [-0.1, -0.05) is 13.8 Å². The van der Waals surface area contributed by atoms with Gasteiger partial charge in [0.25, 0.3) is 0 Å². The number of carbonyl (C=O) groups excluding carboxylic acids is 1. The predicted octanol–water partition coefficient (Wildman–Crippen LogP) is 0.235. The Morgan fingerprint density at radius 3 is 2.59 bits per heavy atom. The van der Waals surface area contributed by atoms with Crippen molar-refractivity contribution in [3.05, 3.63) is 0 Å². The number of carbonyl (C=O) groups is 1. The Hall–Kier alpha value is -0.650. The first-order chi connectivity index (χ1) is 7.97. The van der Waals surface area contributed by atoms with E-state index in [1.54, 1.807) is 0 Å². The van der Waals surface area contributed by atoms with Crippen molar-refractivity contribution in [2.45, 2.75) is 26.3 Å². The molecule has 1 unspecified atom stereocenters. The quantitative estimate of drug-likeness (QED) is 0.702. The van der Waals surface area contributed by atoms with E-state index in [9.17, 15) is 4.79 Å². The summed E-state index contributed by atoms with van der Waals surface area (Å²) in [5.41, 5.74) is 5.66. The standard InChI is InChI=1S/C12H24N2O3/c1-12(2,10(13)11(15)16-3)4-5-14-6-8-17-9-7-14/h10H,4-9,13H2,1-3H3. The number of rotatable bonds is 5. The lowest BCUT2D eigenvalue weighted by molar-refractivity contribution is -0.145. The van der Waals surface area contributed by atoms with Crippen LogP contribution in [-0.4, -0.2) is 56.9 Å². The normalized spacial score (nSPS) is 20.0. The fourth-order valence-electron chi connectivity index (χ4n) is 1.87. The van der Waals surface area contributed by atoms with Gasteiger partial charge < -0.3 is 15.2 Å². The molecule has 1 fully saturated rings. The van der Waals surface area contributed by atoms with E-state index in [0.717, 1.165) is 39.3 Å². The molecule has 0 spiro atoms. The lowest BCUT2D eigenvalue weighted by atomic mass is 9.81. The van der Waals surface area contributed by atoms with Gasteiger partial charge in [-0.15, -0.1) is 0 Å². The summed E-state index contributed by atoms with van der Waals surface area (Å²) in [5.74, 6) is -0.336. The molecule has 1 rings (SSSR count). The molecule has 0 saturated carbocycles. The van der Waals surface area contributed by atoms with Gasteiger partial charge in [0, 0.05) is 13.1 Å². The zero-order chi connectivity index (χ0) is 12.9. The van der Waals surface area contributed by atoms with E-state index in [-0.39, 0.29) is 11.4 Å². The van der Waals surface area contributed by atoms with E-state index >= 15 is 0 Å². The minimum Gasteiger partial charge on any atom is -0.468 e. The molecule has 100 valence electrons. The lowest BCUT2D eigenvalue weighted by Crippen LogP contribution is -2.47. The summed E-state index contributed by atoms with van der Waals surface area (Å²) in [6.45, 7) is 8.48. The molecule has 0 aromatic heterocycles. The van der Waals surface area contributed by atoms with Gasteiger partial charge in [-0.3, -0.25) is 9.69 Å². The van der Waals surface area contributed by atoms with Crippen LogP contribution >= 0.6 is 0 Å². The molecule has 1 atom stereocenters. The first-order valence-electron chi connectivity index (χ1n) is 6.11. The molecule has 17 heavy (non-hydrogen) atoms. The van der Waals surface area contributed by atoms with Crippen LogP contribution in [0.2, 0.25) is 0 Å². The van der Waals surface area contributed by atoms with E-state index in [0.29, 0.717) is 0 Å². The molecule has 1 heterocycles. The second kappa shape index (κ2) is 6.33. The van der Waals surface area contributed by atoms with Crippen molar-refractivity contribution in [1.82, 2.24) is 4.90 Å². The van der Waals surface area contributed by atoms with Gasteiger partial charge in [0.1, 0.15) is 6.04 Å². The minimum absolute atomic E-state index is 0.245. The highest BCUT2D eigenvalue weighted by Crippen LogP contribution is 2.25. The van der Waals surface area contributed by atoms with E-state index in [4.69, 9.17) is 15.2 Å². The zero-order valence-electron chi connectivity index (χ0n) is 11.1. The van der Waals surface area contributed by atoms with Crippen LogP contribution in [0.15, 0.2) is 0 Å². The van der Waals surface area contributed by atoms with Crippen LogP contribution in [0.5, 0.6) is 0 Å². The maximum absolute atomic E-state index is 11.4. The van der Waals surface area contributed by atoms with Gasteiger partial charge in [0.05, 0.1) is 20.3 Å². The van der Waals surface area contributed by atoms with Gasteiger partial charge in [0.15, 0.2) is 0 Å². The third-order valence-corrected chi connectivity index (χ3v) is 3.47. The Balaban J connectivity index is 2.39. The molecule has 0 radical (unpaired) electrons. The fraction of sp³-hybridized carbons (Fsp3) is 0.917. The lowest BCUT2D eigenvalue weighted by Gasteiger charge is -2.33. The van der Waals surface area contributed by atoms with Crippen LogP contribution in [0.25, 0.3) is 0 Å². The summed E-state index contributed by atoms with van der Waals surface area (Å²) >= 11 is 0. The average molecular weight is 244 g/mol. The highest BCUT2D eigenvalue weighted by molar-refractivity contribution is 5.76. The van der Waals surface area contributed by atoms with Gasteiger partial charge in [-0.2, -0.15) is 0 Å². The van der Waals surface area contributed by atoms with Gasteiger partial charge >= 0.3 is 5.97 Å². The Kier molecular flexibility index (Phi) is 5.36. The molecular weight excluding hydrogens is 220 g/mol. The highest BCUT2D eigenvalue weighted by atomic mass is 16.5. The zero-order valence-corrected chi connectivity index (χ0v) is 11.1. The number of esters is 1. The summed E-state index contributed by atoms with van der Waals surface area (Å²) < 4.78 is 9.99. The molecule has 1 aliphatic heterocycles. The molecule has 1 saturated heterocycles. The van der Waals surface area contributed by atoms with Gasteiger partial charge in [0.2, 0.25) is 0 Å². The molecular formula is C12H24N2O3. The van der Waals surface area contributed by atoms with E-state index in [2.05, 4.69) is 4.90 Å². The molecule has 0 bridgehead atoms. The second-order valence-electron chi connectivity index (χ2n) is 5.19. The summed E-state index contributed by atoms with van der Waals surface area (Å²) in [6.07, 6.45) is 0.878.